The summed E-state index contributed by atoms with van der Waals surface area (Å²) in [6.07, 6.45) is 0. The van der Waals surface area contributed by atoms with Crippen LogP contribution in [0.3, 0.4) is 0 Å². The summed E-state index contributed by atoms with van der Waals surface area (Å²) in [5, 5.41) is 1.17. The molecule has 3 aromatic rings. The van der Waals surface area contributed by atoms with Crippen molar-refractivity contribution in [3.63, 3.8) is 0 Å². The van der Waals surface area contributed by atoms with Gasteiger partial charge in [-0.1, -0.05) is 42.5 Å². The van der Waals surface area contributed by atoms with Gasteiger partial charge in [0.1, 0.15) is 0 Å². The lowest BCUT2D eigenvalue weighted by Gasteiger charge is -2.05. The Morgan fingerprint density at radius 1 is 0.941 bits per heavy atom. The number of aromatic nitrogens is 1. The summed E-state index contributed by atoms with van der Waals surface area (Å²) >= 11 is 0. The van der Waals surface area contributed by atoms with Crippen molar-refractivity contribution in [2.45, 2.75) is 6.92 Å². The first kappa shape index (κ1) is 10.0. The van der Waals surface area contributed by atoms with Crippen LogP contribution in [-0.4, -0.2) is 4.98 Å². The van der Waals surface area contributed by atoms with E-state index >= 15 is 0 Å². The van der Waals surface area contributed by atoms with Crippen LogP contribution in [0.15, 0.2) is 54.6 Å². The van der Waals surface area contributed by atoms with Gasteiger partial charge in [-0.3, -0.25) is 0 Å². The number of hydrogen-bond acceptors (Lipinski definition) is 1. The van der Waals surface area contributed by atoms with E-state index in [2.05, 4.69) is 42.2 Å². The molecule has 0 spiro atoms. The van der Waals surface area contributed by atoms with E-state index in [-0.39, 0.29) is 0 Å². The minimum Gasteiger partial charge on any atom is -0.248 e. The molecule has 0 unspecified atom stereocenters. The minimum absolute atomic E-state index is 0.988. The van der Waals surface area contributed by atoms with Crippen LogP contribution in [0.1, 0.15) is 5.56 Å². The Hall–Kier alpha value is -2.15. The monoisotopic (exact) mass is 218 g/mol. The summed E-state index contributed by atoms with van der Waals surface area (Å²) in [5.41, 5.74) is 4.30. The maximum atomic E-state index is 4.68. The number of benzene rings is 2. The SMILES string of the molecule is Cc1ccc[c]c1-c1ccc2ccccc2n1. The fourth-order valence-corrected chi connectivity index (χ4v) is 2.00. The fourth-order valence-electron chi connectivity index (χ4n) is 2.00. The van der Waals surface area contributed by atoms with Gasteiger partial charge in [-0.25, -0.2) is 4.98 Å². The van der Waals surface area contributed by atoms with E-state index in [0.29, 0.717) is 0 Å². The number of rotatable bonds is 1. The average Bonchev–Trinajstić information content (AvgIpc) is 2.39. The zero-order valence-electron chi connectivity index (χ0n) is 9.64. The highest BCUT2D eigenvalue weighted by molar-refractivity contribution is 5.81. The molecule has 0 saturated heterocycles. The highest BCUT2D eigenvalue weighted by Gasteiger charge is 2.03. The lowest BCUT2D eigenvalue weighted by molar-refractivity contribution is 1.36. The molecule has 1 heterocycles. The van der Waals surface area contributed by atoms with Gasteiger partial charge < -0.3 is 0 Å². The van der Waals surface area contributed by atoms with Gasteiger partial charge in [-0.05, 0) is 30.7 Å². The summed E-state index contributed by atoms with van der Waals surface area (Å²) in [5.74, 6) is 0. The van der Waals surface area contributed by atoms with Crippen LogP contribution in [0, 0.1) is 13.0 Å². The highest BCUT2D eigenvalue weighted by Crippen LogP contribution is 2.23. The van der Waals surface area contributed by atoms with Gasteiger partial charge in [0.25, 0.3) is 0 Å². The summed E-state index contributed by atoms with van der Waals surface area (Å²) < 4.78 is 0. The Labute approximate surface area is 101 Å². The molecule has 0 aliphatic rings. The van der Waals surface area contributed by atoms with Crippen LogP contribution >= 0.6 is 0 Å². The van der Waals surface area contributed by atoms with E-state index in [1.807, 2.05) is 30.3 Å². The molecule has 0 saturated carbocycles. The van der Waals surface area contributed by atoms with Crippen molar-refractivity contribution >= 4 is 10.9 Å². The average molecular weight is 218 g/mol. The standard InChI is InChI=1S/C16H12N/c1-12-6-2-4-8-14(12)16-11-10-13-7-3-5-9-15(13)17-16/h2-7,9-11H,1H3. The lowest BCUT2D eigenvalue weighted by atomic mass is 10.0. The zero-order chi connectivity index (χ0) is 11.7. The van der Waals surface area contributed by atoms with Gasteiger partial charge in [0, 0.05) is 10.9 Å². The first-order valence-corrected chi connectivity index (χ1v) is 5.68. The predicted molar refractivity (Wildman–Crippen MR) is 70.8 cm³/mol. The van der Waals surface area contributed by atoms with E-state index in [0.717, 1.165) is 16.8 Å². The molecule has 3 rings (SSSR count). The van der Waals surface area contributed by atoms with Gasteiger partial charge in [-0.2, -0.15) is 0 Å². The zero-order valence-corrected chi connectivity index (χ0v) is 9.64. The topological polar surface area (TPSA) is 12.9 Å². The Kier molecular flexibility index (Phi) is 2.37. The van der Waals surface area contributed by atoms with E-state index in [4.69, 9.17) is 0 Å². The van der Waals surface area contributed by atoms with Gasteiger partial charge in [0.05, 0.1) is 11.2 Å². The van der Waals surface area contributed by atoms with E-state index < -0.39 is 0 Å². The minimum atomic E-state index is 0.988. The quantitative estimate of drug-likeness (QED) is 0.601. The van der Waals surface area contributed by atoms with Crippen molar-refractivity contribution in [2.75, 3.05) is 0 Å². The third-order valence-electron chi connectivity index (χ3n) is 2.92. The van der Waals surface area contributed by atoms with Crippen LogP contribution in [0.4, 0.5) is 0 Å². The van der Waals surface area contributed by atoms with Crippen molar-refractivity contribution in [1.82, 2.24) is 4.98 Å². The molecule has 0 N–H and O–H groups in total. The Morgan fingerprint density at radius 3 is 2.71 bits per heavy atom. The number of para-hydroxylation sites is 1. The van der Waals surface area contributed by atoms with E-state index in [9.17, 15) is 0 Å². The molecule has 0 fully saturated rings. The molecule has 17 heavy (non-hydrogen) atoms. The molecule has 0 bridgehead atoms. The second kappa shape index (κ2) is 4.02. The Balaban J connectivity index is 2.22. The number of hydrogen-bond donors (Lipinski definition) is 0. The highest BCUT2D eigenvalue weighted by atomic mass is 14.7. The summed E-state index contributed by atoms with van der Waals surface area (Å²) in [6, 6.07) is 21.6. The maximum Gasteiger partial charge on any atom is 0.0718 e. The van der Waals surface area contributed by atoms with Crippen molar-refractivity contribution < 1.29 is 0 Å². The van der Waals surface area contributed by atoms with Crippen LogP contribution in [0.25, 0.3) is 22.2 Å². The Bertz CT molecular complexity index is 671. The number of pyridine rings is 1. The second-order valence-electron chi connectivity index (χ2n) is 4.12. The smallest absolute Gasteiger partial charge is 0.0718 e. The van der Waals surface area contributed by atoms with Crippen molar-refractivity contribution in [1.29, 1.82) is 0 Å². The summed E-state index contributed by atoms with van der Waals surface area (Å²) in [7, 11) is 0. The molecule has 1 nitrogen and oxygen atoms in total. The maximum absolute atomic E-state index is 4.68. The van der Waals surface area contributed by atoms with E-state index in [1.54, 1.807) is 0 Å². The Morgan fingerprint density at radius 2 is 1.82 bits per heavy atom. The molecular weight excluding hydrogens is 206 g/mol. The van der Waals surface area contributed by atoms with Crippen molar-refractivity contribution in [2.24, 2.45) is 0 Å². The first-order valence-electron chi connectivity index (χ1n) is 5.68. The van der Waals surface area contributed by atoms with Gasteiger partial charge in [0.2, 0.25) is 0 Å². The van der Waals surface area contributed by atoms with Crippen LogP contribution in [0.2, 0.25) is 0 Å². The van der Waals surface area contributed by atoms with Crippen molar-refractivity contribution in [3.05, 3.63) is 66.2 Å². The number of nitrogens with zero attached hydrogens (tertiary/aromatic N) is 1. The van der Waals surface area contributed by atoms with Crippen molar-refractivity contribution in [3.8, 4) is 11.3 Å². The molecule has 0 amide bonds. The molecule has 0 atom stereocenters. The van der Waals surface area contributed by atoms with Crippen LogP contribution in [-0.2, 0) is 0 Å². The van der Waals surface area contributed by atoms with Gasteiger partial charge in [-0.15, -0.1) is 0 Å². The molecule has 81 valence electrons. The molecular formula is C16H12N. The van der Waals surface area contributed by atoms with Gasteiger partial charge in [0.15, 0.2) is 0 Å². The van der Waals surface area contributed by atoms with Gasteiger partial charge >= 0.3 is 0 Å². The molecule has 1 heteroatoms. The summed E-state index contributed by atoms with van der Waals surface area (Å²) in [6.45, 7) is 2.09. The van der Waals surface area contributed by atoms with Crippen LogP contribution in [0.5, 0.6) is 0 Å². The number of fused-ring (bicyclic) bond motifs is 1. The summed E-state index contributed by atoms with van der Waals surface area (Å²) in [4.78, 5) is 4.68. The molecule has 2 aromatic carbocycles. The van der Waals surface area contributed by atoms with Crippen LogP contribution < -0.4 is 0 Å². The molecule has 0 aliphatic carbocycles. The third-order valence-corrected chi connectivity index (χ3v) is 2.92. The first-order chi connectivity index (χ1) is 8.34. The third kappa shape index (κ3) is 1.80. The molecule has 0 aliphatic heterocycles. The second-order valence-corrected chi connectivity index (χ2v) is 4.12. The number of aryl methyl sites for hydroxylation is 1. The van der Waals surface area contributed by atoms with E-state index in [1.165, 1.54) is 10.9 Å². The lowest BCUT2D eigenvalue weighted by Crippen LogP contribution is -1.87. The normalized spacial score (nSPS) is 10.6. The molecule has 1 aromatic heterocycles. The predicted octanol–water partition coefficient (Wildman–Crippen LogP) is 4.01. The largest absolute Gasteiger partial charge is 0.248 e. The molecule has 1 radical (unpaired) electrons. The fraction of sp³-hybridized carbons (Fsp3) is 0.0625.